The van der Waals surface area contributed by atoms with Gasteiger partial charge in [-0.1, -0.05) is 23.2 Å². The fraction of sp³-hybridized carbons (Fsp3) is 0.300. The number of benzene rings is 1. The summed E-state index contributed by atoms with van der Waals surface area (Å²) in [6.45, 7) is 0.112. The maximum atomic E-state index is 12.5. The molecule has 3 nitrogen and oxygen atoms in total. The Kier molecular flexibility index (Phi) is 4.68. The molecule has 1 aromatic rings. The molecule has 0 aliphatic heterocycles. The van der Waals surface area contributed by atoms with Crippen molar-refractivity contribution in [1.29, 1.82) is 5.26 Å². The molecule has 0 aliphatic carbocycles. The van der Waals surface area contributed by atoms with Gasteiger partial charge in [0, 0.05) is 6.54 Å². The van der Waals surface area contributed by atoms with Crippen molar-refractivity contribution in [3.63, 3.8) is 0 Å². The van der Waals surface area contributed by atoms with E-state index in [1.54, 1.807) is 0 Å². The zero-order chi connectivity index (χ0) is 13.9. The van der Waals surface area contributed by atoms with E-state index < -0.39 is 11.7 Å². The highest BCUT2D eigenvalue weighted by atomic mass is 35.5. The Morgan fingerprint density at radius 2 is 1.78 bits per heavy atom. The molecule has 98 valence electrons. The van der Waals surface area contributed by atoms with Crippen molar-refractivity contribution in [2.45, 2.75) is 12.6 Å². The Balaban J connectivity index is 3.13. The zero-order valence-electron chi connectivity index (χ0n) is 8.93. The van der Waals surface area contributed by atoms with Crippen LogP contribution in [0.15, 0.2) is 12.1 Å². The summed E-state index contributed by atoms with van der Waals surface area (Å²) < 4.78 is 37.4. The summed E-state index contributed by atoms with van der Waals surface area (Å²) in [5, 5.41) is 9.03. The first-order valence-corrected chi connectivity index (χ1v) is 5.48. The van der Waals surface area contributed by atoms with Crippen molar-refractivity contribution in [2.75, 3.05) is 11.6 Å². The van der Waals surface area contributed by atoms with Crippen LogP contribution in [-0.2, 0) is 6.18 Å². The second-order valence-electron chi connectivity index (χ2n) is 3.39. The van der Waals surface area contributed by atoms with Gasteiger partial charge in [0.1, 0.15) is 0 Å². The number of anilines is 1. The maximum absolute atomic E-state index is 12.5. The minimum atomic E-state index is -4.53. The summed E-state index contributed by atoms with van der Waals surface area (Å²) in [7, 11) is 0. The minimum Gasteiger partial charge on any atom is -0.307 e. The van der Waals surface area contributed by atoms with Gasteiger partial charge in [-0.25, -0.2) is 5.84 Å². The molecule has 0 amide bonds. The van der Waals surface area contributed by atoms with Gasteiger partial charge in [-0.05, 0) is 12.1 Å². The first kappa shape index (κ1) is 14.9. The van der Waals surface area contributed by atoms with E-state index in [2.05, 4.69) is 0 Å². The fourth-order valence-corrected chi connectivity index (χ4v) is 1.99. The highest BCUT2D eigenvalue weighted by Gasteiger charge is 2.32. The van der Waals surface area contributed by atoms with Crippen LogP contribution in [0.5, 0.6) is 0 Å². The smallest absolute Gasteiger partial charge is 0.307 e. The first-order valence-electron chi connectivity index (χ1n) is 4.72. The molecule has 0 aromatic heterocycles. The van der Waals surface area contributed by atoms with Gasteiger partial charge in [-0.15, -0.1) is 0 Å². The minimum absolute atomic E-state index is 0.0709. The summed E-state index contributed by atoms with van der Waals surface area (Å²) in [4.78, 5) is 0. The lowest BCUT2D eigenvalue weighted by molar-refractivity contribution is -0.137. The monoisotopic (exact) mass is 297 g/mol. The molecule has 0 atom stereocenters. The SMILES string of the molecule is N#CCCN(N)c1c(Cl)cc(C(F)(F)F)cc1Cl. The van der Waals surface area contributed by atoms with Crippen molar-refractivity contribution in [2.24, 2.45) is 5.84 Å². The van der Waals surface area contributed by atoms with E-state index in [1.807, 2.05) is 6.07 Å². The average Bonchev–Trinajstić information content (AvgIpc) is 2.24. The molecular weight excluding hydrogens is 290 g/mol. The Morgan fingerprint density at radius 3 is 2.17 bits per heavy atom. The molecule has 1 aromatic carbocycles. The highest BCUT2D eigenvalue weighted by Crippen LogP contribution is 2.39. The van der Waals surface area contributed by atoms with Crippen LogP contribution in [-0.4, -0.2) is 6.54 Å². The average molecular weight is 298 g/mol. The third-order valence-corrected chi connectivity index (χ3v) is 2.67. The predicted octanol–water partition coefficient (Wildman–Crippen LogP) is 3.61. The standard InChI is InChI=1S/C10H8Cl2F3N3/c11-7-4-6(10(13,14)15)5-8(12)9(7)18(17)3-1-2-16/h4-5H,1,3,17H2. The predicted molar refractivity (Wildman–Crippen MR) is 63.2 cm³/mol. The number of halogens is 5. The Bertz CT molecular complexity index is 459. The molecule has 0 saturated carbocycles. The lowest BCUT2D eigenvalue weighted by Crippen LogP contribution is -2.32. The van der Waals surface area contributed by atoms with E-state index in [0.717, 1.165) is 17.1 Å². The topological polar surface area (TPSA) is 53.0 Å². The molecule has 2 N–H and O–H groups in total. The third-order valence-electron chi connectivity index (χ3n) is 2.10. The van der Waals surface area contributed by atoms with Crippen molar-refractivity contribution < 1.29 is 13.2 Å². The van der Waals surface area contributed by atoms with Crippen molar-refractivity contribution in [3.8, 4) is 6.07 Å². The van der Waals surface area contributed by atoms with Crippen LogP contribution < -0.4 is 10.9 Å². The van der Waals surface area contributed by atoms with Gasteiger partial charge >= 0.3 is 6.18 Å². The van der Waals surface area contributed by atoms with E-state index in [0.29, 0.717) is 0 Å². The van der Waals surface area contributed by atoms with E-state index in [4.69, 9.17) is 34.3 Å². The molecule has 1 rings (SSSR count). The molecule has 0 bridgehead atoms. The van der Waals surface area contributed by atoms with E-state index >= 15 is 0 Å². The van der Waals surface area contributed by atoms with Gasteiger partial charge in [0.15, 0.2) is 0 Å². The molecular formula is C10H8Cl2F3N3. The number of nitriles is 1. The number of hydrogen-bond acceptors (Lipinski definition) is 3. The second-order valence-corrected chi connectivity index (χ2v) is 4.20. The number of nitrogens with two attached hydrogens (primary N) is 1. The molecule has 0 unspecified atom stereocenters. The summed E-state index contributed by atoms with van der Waals surface area (Å²) >= 11 is 11.5. The Hall–Kier alpha value is -1.16. The van der Waals surface area contributed by atoms with Gasteiger partial charge in [0.05, 0.1) is 33.8 Å². The molecule has 18 heavy (non-hydrogen) atoms. The quantitative estimate of drug-likeness (QED) is 0.685. The number of hydrazine groups is 1. The largest absolute Gasteiger partial charge is 0.416 e. The molecule has 0 radical (unpaired) electrons. The normalized spacial score (nSPS) is 11.2. The van der Waals surface area contributed by atoms with E-state index in [-0.39, 0.29) is 28.7 Å². The second kappa shape index (κ2) is 5.65. The summed E-state index contributed by atoms with van der Waals surface area (Å²) in [6, 6.07) is 3.35. The van der Waals surface area contributed by atoms with Crippen LogP contribution in [0.25, 0.3) is 0 Å². The fourth-order valence-electron chi connectivity index (χ4n) is 1.29. The van der Waals surface area contributed by atoms with E-state index in [1.165, 1.54) is 0 Å². The van der Waals surface area contributed by atoms with Crippen LogP contribution in [0.4, 0.5) is 18.9 Å². The van der Waals surface area contributed by atoms with Gasteiger partial charge in [-0.3, -0.25) is 0 Å². The lowest BCUT2D eigenvalue weighted by Gasteiger charge is -2.21. The van der Waals surface area contributed by atoms with Gasteiger partial charge in [0.25, 0.3) is 0 Å². The third kappa shape index (κ3) is 3.42. The Labute approximate surface area is 111 Å². The van der Waals surface area contributed by atoms with Crippen LogP contribution in [0.1, 0.15) is 12.0 Å². The molecule has 0 saturated heterocycles. The zero-order valence-corrected chi connectivity index (χ0v) is 10.4. The van der Waals surface area contributed by atoms with E-state index in [9.17, 15) is 13.2 Å². The molecule has 0 fully saturated rings. The van der Waals surface area contributed by atoms with Crippen LogP contribution in [0.2, 0.25) is 10.0 Å². The maximum Gasteiger partial charge on any atom is 0.416 e. The summed E-state index contributed by atoms with van der Waals surface area (Å²) in [6.07, 6.45) is -4.43. The lowest BCUT2D eigenvalue weighted by atomic mass is 10.2. The van der Waals surface area contributed by atoms with Gasteiger partial charge < -0.3 is 5.01 Å². The van der Waals surface area contributed by atoms with Crippen molar-refractivity contribution in [1.82, 2.24) is 0 Å². The van der Waals surface area contributed by atoms with Gasteiger partial charge in [-0.2, -0.15) is 18.4 Å². The van der Waals surface area contributed by atoms with Crippen molar-refractivity contribution >= 4 is 28.9 Å². The number of alkyl halides is 3. The Morgan fingerprint density at radius 1 is 1.28 bits per heavy atom. The van der Waals surface area contributed by atoms with Crippen molar-refractivity contribution in [3.05, 3.63) is 27.7 Å². The highest BCUT2D eigenvalue weighted by molar-refractivity contribution is 6.39. The molecule has 8 heteroatoms. The number of hydrogen-bond donors (Lipinski definition) is 1. The first-order chi connectivity index (χ1) is 8.27. The summed E-state index contributed by atoms with van der Waals surface area (Å²) in [5.41, 5.74) is -0.878. The van der Waals surface area contributed by atoms with Crippen LogP contribution >= 0.6 is 23.2 Å². The molecule has 0 aliphatic rings. The van der Waals surface area contributed by atoms with Crippen LogP contribution in [0, 0.1) is 11.3 Å². The number of rotatable bonds is 3. The summed E-state index contributed by atoms with van der Waals surface area (Å²) in [5.74, 6) is 5.57. The molecule has 0 heterocycles. The number of nitrogens with zero attached hydrogens (tertiary/aromatic N) is 2. The van der Waals surface area contributed by atoms with Gasteiger partial charge in [0.2, 0.25) is 0 Å². The van der Waals surface area contributed by atoms with Crippen LogP contribution in [0.3, 0.4) is 0 Å². The molecule has 0 spiro atoms.